The van der Waals surface area contributed by atoms with E-state index in [1.54, 1.807) is 23.5 Å². The molecule has 0 unspecified atom stereocenters. The highest BCUT2D eigenvalue weighted by molar-refractivity contribution is 14.1. The summed E-state index contributed by atoms with van der Waals surface area (Å²) < 4.78 is 0.944. The summed E-state index contributed by atoms with van der Waals surface area (Å²) in [5.74, 6) is -0.0982. The van der Waals surface area contributed by atoms with E-state index in [4.69, 9.17) is 11.6 Å². The first-order valence-electron chi connectivity index (χ1n) is 5.33. The van der Waals surface area contributed by atoms with Gasteiger partial charge >= 0.3 is 0 Å². The van der Waals surface area contributed by atoms with Gasteiger partial charge in [0.15, 0.2) is 0 Å². The van der Waals surface area contributed by atoms with Gasteiger partial charge in [0.2, 0.25) is 0 Å². The first kappa shape index (κ1) is 13.8. The van der Waals surface area contributed by atoms with Crippen LogP contribution in [0, 0.1) is 10.5 Å². The van der Waals surface area contributed by atoms with Crippen molar-refractivity contribution < 1.29 is 4.79 Å². The van der Waals surface area contributed by atoms with Gasteiger partial charge in [0, 0.05) is 15.7 Å². The first-order valence-corrected chi connectivity index (χ1v) is 7.73. The molecule has 0 saturated heterocycles. The number of amides is 1. The minimum absolute atomic E-state index is 0.0982. The molecular weight excluding hydrogens is 381 g/mol. The maximum Gasteiger partial charge on any atom is 0.251 e. The molecule has 2 aromatic rings. The molecular formula is C13H11ClINOS. The van der Waals surface area contributed by atoms with E-state index < -0.39 is 0 Å². The third kappa shape index (κ3) is 3.24. The Balaban J connectivity index is 2.04. The number of rotatable bonds is 3. The lowest BCUT2D eigenvalue weighted by Gasteiger charge is -2.06. The Kier molecular flexibility index (Phi) is 4.64. The summed E-state index contributed by atoms with van der Waals surface area (Å²) >= 11 is 9.78. The number of carbonyl (C=O) groups excluding carboxylic acids is 1. The van der Waals surface area contributed by atoms with E-state index in [1.165, 1.54) is 5.56 Å². The van der Waals surface area contributed by atoms with Crippen LogP contribution in [0.3, 0.4) is 0 Å². The maximum absolute atomic E-state index is 11.9. The number of nitrogens with one attached hydrogen (secondary N) is 1. The smallest absolute Gasteiger partial charge is 0.251 e. The second-order valence-corrected chi connectivity index (χ2v) is 6.20. The topological polar surface area (TPSA) is 29.1 Å². The molecule has 94 valence electrons. The van der Waals surface area contributed by atoms with Gasteiger partial charge in [-0.05, 0) is 69.6 Å². The summed E-state index contributed by atoms with van der Waals surface area (Å²) in [5, 5.41) is 7.63. The normalized spacial score (nSPS) is 10.4. The van der Waals surface area contributed by atoms with E-state index in [-0.39, 0.29) is 5.91 Å². The molecule has 0 radical (unpaired) electrons. The Morgan fingerprint density at radius 1 is 1.44 bits per heavy atom. The summed E-state index contributed by atoms with van der Waals surface area (Å²) in [5.41, 5.74) is 2.96. The number of benzene rings is 1. The van der Waals surface area contributed by atoms with Crippen molar-refractivity contribution in [3.05, 3.63) is 54.2 Å². The van der Waals surface area contributed by atoms with E-state index in [2.05, 4.69) is 38.7 Å². The molecule has 1 aromatic carbocycles. The second kappa shape index (κ2) is 6.04. The van der Waals surface area contributed by atoms with Crippen LogP contribution in [0.5, 0.6) is 0 Å². The third-order valence-electron chi connectivity index (χ3n) is 2.58. The molecule has 1 N–H and O–H groups in total. The van der Waals surface area contributed by atoms with E-state index >= 15 is 0 Å². The summed E-state index contributed by atoms with van der Waals surface area (Å²) in [7, 11) is 0. The molecule has 0 aliphatic heterocycles. The Morgan fingerprint density at radius 3 is 2.83 bits per heavy atom. The standard InChI is InChI=1S/C13H11ClINOS/c1-8-6-18-7-10(8)5-16-13(17)9-2-3-12(15)11(14)4-9/h2-4,6-7H,5H2,1H3,(H,16,17). The summed E-state index contributed by atoms with van der Waals surface area (Å²) in [4.78, 5) is 11.9. The number of hydrogen-bond acceptors (Lipinski definition) is 2. The van der Waals surface area contributed by atoms with Crippen LogP contribution < -0.4 is 5.32 Å². The molecule has 0 atom stereocenters. The number of aryl methyl sites for hydroxylation is 1. The van der Waals surface area contributed by atoms with Crippen molar-refractivity contribution in [1.29, 1.82) is 0 Å². The van der Waals surface area contributed by atoms with Crippen LogP contribution in [0.1, 0.15) is 21.5 Å². The predicted molar refractivity (Wildman–Crippen MR) is 84.4 cm³/mol. The van der Waals surface area contributed by atoms with E-state index in [1.807, 2.05) is 13.0 Å². The zero-order valence-electron chi connectivity index (χ0n) is 9.67. The molecule has 0 bridgehead atoms. The zero-order valence-corrected chi connectivity index (χ0v) is 13.4. The highest BCUT2D eigenvalue weighted by Crippen LogP contribution is 2.19. The van der Waals surface area contributed by atoms with Gasteiger partial charge in [0.1, 0.15) is 0 Å². The molecule has 0 aliphatic carbocycles. The monoisotopic (exact) mass is 391 g/mol. The van der Waals surface area contributed by atoms with E-state index in [9.17, 15) is 4.79 Å². The van der Waals surface area contributed by atoms with Crippen LogP contribution in [0.2, 0.25) is 5.02 Å². The molecule has 2 rings (SSSR count). The molecule has 1 aromatic heterocycles. The lowest BCUT2D eigenvalue weighted by molar-refractivity contribution is 0.0951. The van der Waals surface area contributed by atoms with Crippen molar-refractivity contribution >= 4 is 51.4 Å². The van der Waals surface area contributed by atoms with Crippen LogP contribution in [-0.4, -0.2) is 5.91 Å². The third-order valence-corrected chi connectivity index (χ3v) is 5.07. The Bertz CT molecular complexity index is 582. The number of halogens is 2. The van der Waals surface area contributed by atoms with Gasteiger partial charge in [-0.3, -0.25) is 4.79 Å². The van der Waals surface area contributed by atoms with E-state index in [0.717, 1.165) is 9.13 Å². The minimum atomic E-state index is -0.0982. The Labute approximate surface area is 129 Å². The van der Waals surface area contributed by atoms with Gasteiger partial charge in [-0.2, -0.15) is 11.3 Å². The molecule has 0 saturated carbocycles. The molecule has 2 nitrogen and oxygen atoms in total. The molecule has 1 heterocycles. The highest BCUT2D eigenvalue weighted by Gasteiger charge is 2.08. The van der Waals surface area contributed by atoms with Gasteiger partial charge in [-0.15, -0.1) is 0 Å². The Morgan fingerprint density at radius 2 is 2.22 bits per heavy atom. The van der Waals surface area contributed by atoms with Crippen molar-refractivity contribution in [3.63, 3.8) is 0 Å². The number of thiophene rings is 1. The van der Waals surface area contributed by atoms with Crippen molar-refractivity contribution in [2.24, 2.45) is 0 Å². The summed E-state index contributed by atoms with van der Waals surface area (Å²) in [6.45, 7) is 2.59. The van der Waals surface area contributed by atoms with E-state index in [0.29, 0.717) is 17.1 Å². The average molecular weight is 392 g/mol. The van der Waals surface area contributed by atoms with Gasteiger partial charge < -0.3 is 5.32 Å². The van der Waals surface area contributed by atoms with Crippen molar-refractivity contribution in [2.45, 2.75) is 13.5 Å². The predicted octanol–water partition coefficient (Wildman–Crippen LogP) is 4.24. The highest BCUT2D eigenvalue weighted by atomic mass is 127. The van der Waals surface area contributed by atoms with Crippen LogP contribution in [-0.2, 0) is 6.54 Å². The SMILES string of the molecule is Cc1cscc1CNC(=O)c1ccc(I)c(Cl)c1. The van der Waals surface area contributed by atoms with Crippen molar-refractivity contribution in [2.75, 3.05) is 0 Å². The van der Waals surface area contributed by atoms with Gasteiger partial charge in [0.05, 0.1) is 5.02 Å². The van der Waals surface area contributed by atoms with Gasteiger partial charge in [0.25, 0.3) is 5.91 Å². The summed E-state index contributed by atoms with van der Waals surface area (Å²) in [6, 6.07) is 5.32. The molecule has 18 heavy (non-hydrogen) atoms. The van der Waals surface area contributed by atoms with Gasteiger partial charge in [-0.1, -0.05) is 11.6 Å². The fourth-order valence-corrected chi connectivity index (χ4v) is 2.86. The number of carbonyl (C=O) groups is 1. The molecule has 5 heteroatoms. The fourth-order valence-electron chi connectivity index (χ4n) is 1.48. The maximum atomic E-state index is 11.9. The second-order valence-electron chi connectivity index (χ2n) is 3.89. The molecule has 1 amide bonds. The summed E-state index contributed by atoms with van der Waals surface area (Å²) in [6.07, 6.45) is 0. The molecule has 0 fully saturated rings. The quantitative estimate of drug-likeness (QED) is 0.779. The van der Waals surface area contributed by atoms with Crippen LogP contribution in [0.4, 0.5) is 0 Å². The number of hydrogen-bond donors (Lipinski definition) is 1. The van der Waals surface area contributed by atoms with Gasteiger partial charge in [-0.25, -0.2) is 0 Å². The lowest BCUT2D eigenvalue weighted by Crippen LogP contribution is -2.22. The molecule has 0 aliphatic rings. The lowest BCUT2D eigenvalue weighted by atomic mass is 10.2. The van der Waals surface area contributed by atoms with Crippen molar-refractivity contribution in [3.8, 4) is 0 Å². The zero-order chi connectivity index (χ0) is 13.1. The first-order chi connectivity index (χ1) is 8.58. The fraction of sp³-hybridized carbons (Fsp3) is 0.154. The average Bonchev–Trinajstić information content (AvgIpc) is 2.75. The van der Waals surface area contributed by atoms with Crippen LogP contribution >= 0.6 is 45.5 Å². The largest absolute Gasteiger partial charge is 0.348 e. The van der Waals surface area contributed by atoms with Crippen LogP contribution in [0.15, 0.2) is 29.0 Å². The van der Waals surface area contributed by atoms with Crippen molar-refractivity contribution in [1.82, 2.24) is 5.32 Å². The van der Waals surface area contributed by atoms with Crippen LogP contribution in [0.25, 0.3) is 0 Å². The minimum Gasteiger partial charge on any atom is -0.348 e. The molecule has 0 spiro atoms. The Hall–Kier alpha value is -0.590.